The van der Waals surface area contributed by atoms with E-state index in [1.807, 2.05) is 6.08 Å². The van der Waals surface area contributed by atoms with Crippen LogP contribution in [0.1, 0.15) is 361 Å². The van der Waals surface area contributed by atoms with Gasteiger partial charge in [-0.25, -0.2) is 0 Å². The van der Waals surface area contributed by atoms with E-state index in [1.54, 1.807) is 6.08 Å². The molecule has 0 aromatic heterocycles. The Morgan fingerprint density at radius 3 is 1.16 bits per heavy atom. The number of allylic oxidation sites excluding steroid dienone is 15. The van der Waals surface area contributed by atoms with Gasteiger partial charge in [0, 0.05) is 6.42 Å². The number of aliphatic hydroxyl groups excluding tert-OH is 5. The van der Waals surface area contributed by atoms with Gasteiger partial charge in [0.1, 0.15) is 24.4 Å². The van der Waals surface area contributed by atoms with Gasteiger partial charge in [0.25, 0.3) is 0 Å². The van der Waals surface area contributed by atoms with Crippen LogP contribution in [0, 0.1) is 0 Å². The molecule has 550 valence electrons. The third kappa shape index (κ3) is 57.1. The van der Waals surface area contributed by atoms with Gasteiger partial charge >= 0.3 is 5.97 Å². The maximum atomic E-state index is 13.5. The van der Waals surface area contributed by atoms with Crippen LogP contribution in [-0.4, -0.2) is 99.6 Å². The second-order valence-electron chi connectivity index (χ2n) is 27.4. The lowest BCUT2D eigenvalue weighted by atomic mass is 9.99. The Kier molecular flexibility index (Phi) is 66.4. The molecule has 8 unspecified atom stereocenters. The number of unbranched alkanes of at least 4 members (excludes halogenated alkanes) is 41. The van der Waals surface area contributed by atoms with E-state index in [0.29, 0.717) is 12.8 Å². The number of hydrogen-bond donors (Lipinski definition) is 6. The first-order valence-electron chi connectivity index (χ1n) is 40.0. The number of aliphatic hydroxyl groups is 5. The Balaban J connectivity index is 2.51. The molecular formula is C84H149NO10. The molecule has 8 atom stereocenters. The molecule has 1 amide bonds. The zero-order valence-electron chi connectivity index (χ0n) is 61.5. The predicted octanol–water partition coefficient (Wildman–Crippen LogP) is 21.7. The normalized spacial score (nSPS) is 18.3. The first-order chi connectivity index (χ1) is 46.7. The Bertz CT molecular complexity index is 1920. The molecule has 1 rings (SSSR count). The molecule has 0 saturated carbocycles. The number of hydrogen-bond acceptors (Lipinski definition) is 10. The number of esters is 1. The summed E-state index contributed by atoms with van der Waals surface area (Å²) < 4.78 is 17.8. The largest absolute Gasteiger partial charge is 0.454 e. The summed E-state index contributed by atoms with van der Waals surface area (Å²) in [4.78, 5) is 26.8. The van der Waals surface area contributed by atoms with Crippen molar-refractivity contribution in [2.75, 3.05) is 13.2 Å². The van der Waals surface area contributed by atoms with Crippen LogP contribution in [0.5, 0.6) is 0 Å². The topological polar surface area (TPSA) is 175 Å². The van der Waals surface area contributed by atoms with Crippen LogP contribution in [0.25, 0.3) is 0 Å². The van der Waals surface area contributed by atoms with E-state index >= 15 is 0 Å². The standard InChI is InChI=1S/C84H149NO10/c1-4-7-10-13-16-19-22-25-27-29-31-33-35-37-39-41-43-45-47-49-51-54-57-60-63-66-69-72-79(89)95-82-81(91)80(90)78(73-86)94-84(82)93-74-75(76(87)70-67-64-61-58-55-52-24-21-18-15-12-9-6-3)85-83(92)77(88)71-68-65-62-59-56-53-50-48-46-44-42-40-38-36-34-32-30-28-26-23-20-17-14-11-8-5-2/h8,11,16-17,19-20,25-28,32,34,38,40,67,70,75-78,80-82,84,86-88,90-91H,4-7,9-10,12-15,18,21-24,29-31,33,35-37,39,41-66,68-69,71-74H2,1-3H3,(H,85,92)/b11-8-,19-16-,20-17-,27-25-,28-26-,34-32-,40-38-,70-67+. The number of carbonyl (C=O) groups is 2. The lowest BCUT2D eigenvalue weighted by Gasteiger charge is -2.41. The van der Waals surface area contributed by atoms with Gasteiger partial charge in [-0.15, -0.1) is 0 Å². The van der Waals surface area contributed by atoms with Crippen molar-refractivity contribution in [2.45, 2.75) is 410 Å². The van der Waals surface area contributed by atoms with Crippen LogP contribution >= 0.6 is 0 Å². The smallest absolute Gasteiger partial charge is 0.306 e. The minimum Gasteiger partial charge on any atom is -0.454 e. The Hall–Kier alpha value is -3.42. The Morgan fingerprint density at radius 2 is 0.758 bits per heavy atom. The Labute approximate surface area is 584 Å². The molecule has 0 aliphatic carbocycles. The van der Waals surface area contributed by atoms with Crippen LogP contribution in [0.2, 0.25) is 0 Å². The fourth-order valence-corrected chi connectivity index (χ4v) is 12.2. The zero-order chi connectivity index (χ0) is 68.8. The van der Waals surface area contributed by atoms with Crippen LogP contribution in [-0.2, 0) is 23.8 Å². The summed E-state index contributed by atoms with van der Waals surface area (Å²) in [5, 5.41) is 57.5. The minimum absolute atomic E-state index is 0.123. The Morgan fingerprint density at radius 1 is 0.421 bits per heavy atom. The molecule has 0 bridgehead atoms. The highest BCUT2D eigenvalue weighted by molar-refractivity contribution is 5.80. The van der Waals surface area contributed by atoms with Crippen LogP contribution in [0.15, 0.2) is 97.2 Å². The molecule has 1 aliphatic rings. The van der Waals surface area contributed by atoms with Gasteiger partial charge in [-0.1, -0.05) is 349 Å². The molecule has 6 N–H and O–H groups in total. The van der Waals surface area contributed by atoms with Crippen molar-refractivity contribution in [1.29, 1.82) is 0 Å². The second-order valence-corrected chi connectivity index (χ2v) is 27.4. The molecule has 0 spiro atoms. The molecule has 0 aromatic carbocycles. The molecule has 11 nitrogen and oxygen atoms in total. The summed E-state index contributed by atoms with van der Waals surface area (Å²) in [7, 11) is 0. The van der Waals surface area contributed by atoms with Gasteiger partial charge in [-0.05, 0) is 103 Å². The van der Waals surface area contributed by atoms with Crippen LogP contribution in [0.3, 0.4) is 0 Å². The first kappa shape index (κ1) is 89.6. The maximum Gasteiger partial charge on any atom is 0.306 e. The monoisotopic (exact) mass is 1330 g/mol. The van der Waals surface area contributed by atoms with Gasteiger partial charge < -0.3 is 45.1 Å². The van der Waals surface area contributed by atoms with Crippen molar-refractivity contribution < 1.29 is 49.3 Å². The van der Waals surface area contributed by atoms with Crippen molar-refractivity contribution in [3.05, 3.63) is 97.2 Å². The van der Waals surface area contributed by atoms with Gasteiger partial charge in [0.15, 0.2) is 12.4 Å². The molecule has 95 heavy (non-hydrogen) atoms. The summed E-state index contributed by atoms with van der Waals surface area (Å²) >= 11 is 0. The number of carbonyl (C=O) groups excluding carboxylic acids is 2. The fourth-order valence-electron chi connectivity index (χ4n) is 12.2. The van der Waals surface area contributed by atoms with Crippen molar-refractivity contribution >= 4 is 11.9 Å². The summed E-state index contributed by atoms with van der Waals surface area (Å²) in [6.07, 6.45) is 86.0. The highest BCUT2D eigenvalue weighted by Crippen LogP contribution is 2.27. The van der Waals surface area contributed by atoms with E-state index in [0.717, 1.165) is 103 Å². The molecule has 1 fully saturated rings. The van der Waals surface area contributed by atoms with E-state index in [-0.39, 0.29) is 19.4 Å². The highest BCUT2D eigenvalue weighted by Gasteiger charge is 2.47. The number of ether oxygens (including phenoxy) is 3. The fraction of sp³-hybridized carbons (Fsp3) is 0.786. The van der Waals surface area contributed by atoms with Crippen LogP contribution in [0.4, 0.5) is 0 Å². The quantitative estimate of drug-likeness (QED) is 0.0195. The lowest BCUT2D eigenvalue weighted by molar-refractivity contribution is -0.305. The first-order valence-corrected chi connectivity index (χ1v) is 40.0. The van der Waals surface area contributed by atoms with Crippen molar-refractivity contribution in [1.82, 2.24) is 5.32 Å². The molecule has 1 aliphatic heterocycles. The number of amides is 1. The highest BCUT2D eigenvalue weighted by atomic mass is 16.7. The third-order valence-electron chi connectivity index (χ3n) is 18.5. The SMILES string of the molecule is CC/C=C\C/C=C\C/C=C\C/C=C\C/C=C\CCCCCCCCCCCCC(O)C(=O)NC(COC1OC(CO)C(O)C(O)C1OC(=O)CCCCCCCCCCCCCCCCCCC/C=C\C/C=C\CCCCC)C(O)/C=C/CCCCCCCCCCCCC. The van der Waals surface area contributed by atoms with Crippen LogP contribution < -0.4 is 5.32 Å². The summed E-state index contributed by atoms with van der Waals surface area (Å²) in [5.74, 6) is -1.19. The number of nitrogens with one attached hydrogen (secondary N) is 1. The van der Waals surface area contributed by atoms with E-state index in [4.69, 9.17) is 14.2 Å². The average molecular weight is 1330 g/mol. The maximum absolute atomic E-state index is 13.5. The zero-order valence-corrected chi connectivity index (χ0v) is 61.5. The van der Waals surface area contributed by atoms with Gasteiger partial charge in [0.05, 0.1) is 25.4 Å². The van der Waals surface area contributed by atoms with Gasteiger partial charge in [-0.2, -0.15) is 0 Å². The minimum atomic E-state index is -1.62. The van der Waals surface area contributed by atoms with E-state index in [9.17, 15) is 35.1 Å². The van der Waals surface area contributed by atoms with Crippen molar-refractivity contribution in [3.63, 3.8) is 0 Å². The molecule has 1 heterocycles. The lowest BCUT2D eigenvalue weighted by Crippen LogP contribution is -2.61. The predicted molar refractivity (Wildman–Crippen MR) is 402 cm³/mol. The summed E-state index contributed by atoms with van der Waals surface area (Å²) in [5.41, 5.74) is 0. The van der Waals surface area contributed by atoms with E-state index in [2.05, 4.69) is 111 Å². The molecule has 1 saturated heterocycles. The van der Waals surface area contributed by atoms with Crippen molar-refractivity contribution in [2.24, 2.45) is 0 Å². The molecule has 11 heteroatoms. The van der Waals surface area contributed by atoms with E-state index in [1.165, 1.54) is 212 Å². The average Bonchev–Trinajstić information content (AvgIpc) is 0.829. The van der Waals surface area contributed by atoms with Gasteiger partial charge in [-0.3, -0.25) is 9.59 Å². The number of rotatable bonds is 69. The summed E-state index contributed by atoms with van der Waals surface area (Å²) in [6, 6.07) is -1.03. The molecule has 0 radical (unpaired) electrons. The van der Waals surface area contributed by atoms with E-state index < -0.39 is 67.4 Å². The molecular weight excluding hydrogens is 1180 g/mol. The van der Waals surface area contributed by atoms with Crippen molar-refractivity contribution in [3.8, 4) is 0 Å². The summed E-state index contributed by atoms with van der Waals surface area (Å²) in [6.45, 7) is 5.70. The third-order valence-corrected chi connectivity index (χ3v) is 18.5. The van der Waals surface area contributed by atoms with Gasteiger partial charge in [0.2, 0.25) is 5.91 Å². The molecule has 0 aromatic rings. The second kappa shape index (κ2) is 70.4.